The van der Waals surface area contributed by atoms with Gasteiger partial charge in [-0.3, -0.25) is 19.7 Å². The number of piperazine rings is 1. The molecule has 2 aliphatic heterocycles. The van der Waals surface area contributed by atoms with Crippen LogP contribution in [0.1, 0.15) is 28.4 Å². The van der Waals surface area contributed by atoms with Gasteiger partial charge in [-0.2, -0.15) is 0 Å². The Morgan fingerprint density at radius 1 is 0.946 bits per heavy atom. The van der Waals surface area contributed by atoms with Gasteiger partial charge in [0.15, 0.2) is 5.78 Å². The van der Waals surface area contributed by atoms with Gasteiger partial charge < -0.3 is 14.7 Å². The number of rotatable bonds is 5. The summed E-state index contributed by atoms with van der Waals surface area (Å²) in [6, 6.07) is 18.7. The highest BCUT2D eigenvalue weighted by Gasteiger charge is 2.52. The third kappa shape index (κ3) is 4.36. The van der Waals surface area contributed by atoms with Crippen molar-refractivity contribution in [1.29, 1.82) is 0 Å². The third-order valence-corrected chi connectivity index (χ3v) is 7.61. The number of carbonyl (C=O) groups is 2. The number of benzene rings is 3. The standard InChI is InChI=1S/C28H27ClN4O4/c1-28(20-8-10-22(11-9-20)33(36)37)26(34)25-23(31-14-12-30(2)13-15-31)16-21(29)17-24(25)32(27(28)35)18-19-6-4-3-5-7-19/h3-11,16-17H,12-15,18H2,1-2H3. The Morgan fingerprint density at radius 2 is 1.57 bits per heavy atom. The van der Waals surface area contributed by atoms with E-state index in [0.717, 1.165) is 31.7 Å². The number of amides is 1. The summed E-state index contributed by atoms with van der Waals surface area (Å²) in [7, 11) is 2.06. The van der Waals surface area contributed by atoms with Crippen molar-refractivity contribution in [2.45, 2.75) is 18.9 Å². The first kappa shape index (κ1) is 24.9. The number of likely N-dealkylation sites (N-methyl/N-ethyl adjacent to an activating group) is 1. The molecule has 3 aromatic carbocycles. The predicted molar refractivity (Wildman–Crippen MR) is 144 cm³/mol. The van der Waals surface area contributed by atoms with Gasteiger partial charge in [0.2, 0.25) is 5.91 Å². The van der Waals surface area contributed by atoms with Crippen LogP contribution in [0.5, 0.6) is 0 Å². The molecule has 1 unspecified atom stereocenters. The zero-order chi connectivity index (χ0) is 26.3. The van der Waals surface area contributed by atoms with Crippen molar-refractivity contribution in [3.63, 3.8) is 0 Å². The van der Waals surface area contributed by atoms with Crippen LogP contribution in [-0.2, 0) is 16.8 Å². The molecule has 9 heteroatoms. The van der Waals surface area contributed by atoms with E-state index in [1.807, 2.05) is 30.3 Å². The summed E-state index contributed by atoms with van der Waals surface area (Å²) in [4.78, 5) is 45.3. The van der Waals surface area contributed by atoms with Gasteiger partial charge in [0, 0.05) is 43.3 Å². The lowest BCUT2D eigenvalue weighted by Gasteiger charge is -2.42. The number of fused-ring (bicyclic) bond motifs is 1. The molecule has 5 rings (SSSR count). The number of ketones is 1. The molecule has 0 aromatic heterocycles. The molecule has 1 saturated heterocycles. The maximum absolute atomic E-state index is 14.3. The molecule has 0 bridgehead atoms. The van der Waals surface area contributed by atoms with E-state index in [9.17, 15) is 19.7 Å². The summed E-state index contributed by atoms with van der Waals surface area (Å²) in [6.07, 6.45) is 0. The van der Waals surface area contributed by atoms with Crippen LogP contribution in [0.15, 0.2) is 66.7 Å². The van der Waals surface area contributed by atoms with Gasteiger partial charge in [0.1, 0.15) is 5.41 Å². The average molecular weight is 519 g/mol. The molecule has 0 saturated carbocycles. The van der Waals surface area contributed by atoms with Crippen LogP contribution >= 0.6 is 11.6 Å². The third-order valence-electron chi connectivity index (χ3n) is 7.39. The fourth-order valence-electron chi connectivity index (χ4n) is 5.14. The SMILES string of the molecule is CN1CCN(c2cc(Cl)cc3c2C(=O)C(C)(c2ccc([N+](=O)[O-])cc2)C(=O)N3Cc2ccccc2)CC1. The molecule has 0 N–H and O–H groups in total. The molecule has 0 aliphatic carbocycles. The molecule has 1 amide bonds. The summed E-state index contributed by atoms with van der Waals surface area (Å²) < 4.78 is 0. The van der Waals surface area contributed by atoms with Gasteiger partial charge in [-0.25, -0.2) is 0 Å². The number of hydrogen-bond donors (Lipinski definition) is 0. The topological polar surface area (TPSA) is 87.0 Å². The van der Waals surface area contributed by atoms with E-state index in [1.54, 1.807) is 24.0 Å². The minimum absolute atomic E-state index is 0.102. The number of nitrogens with zero attached hydrogens (tertiary/aromatic N) is 4. The van der Waals surface area contributed by atoms with Gasteiger partial charge >= 0.3 is 0 Å². The van der Waals surface area contributed by atoms with E-state index in [-0.39, 0.29) is 18.0 Å². The van der Waals surface area contributed by atoms with Crippen molar-refractivity contribution < 1.29 is 14.5 Å². The van der Waals surface area contributed by atoms with Crippen LogP contribution in [0.3, 0.4) is 0 Å². The van der Waals surface area contributed by atoms with Gasteiger partial charge in [-0.05, 0) is 37.2 Å². The van der Waals surface area contributed by atoms with Gasteiger partial charge in [0.05, 0.1) is 28.4 Å². The normalized spacial score (nSPS) is 20.2. The quantitative estimate of drug-likeness (QED) is 0.277. The fraction of sp³-hybridized carbons (Fsp3) is 0.286. The van der Waals surface area contributed by atoms with Crippen molar-refractivity contribution in [3.05, 3.63) is 98.6 Å². The zero-order valence-corrected chi connectivity index (χ0v) is 21.4. The molecule has 0 spiro atoms. The number of carbonyl (C=O) groups excluding carboxylic acids is 2. The van der Waals surface area contributed by atoms with Crippen molar-refractivity contribution >= 4 is 40.4 Å². The number of nitro groups is 1. The van der Waals surface area contributed by atoms with E-state index in [2.05, 4.69) is 16.8 Å². The minimum atomic E-state index is -1.56. The Labute approximate surface area is 220 Å². The number of halogens is 1. The second-order valence-electron chi connectivity index (χ2n) is 9.74. The molecule has 37 heavy (non-hydrogen) atoms. The number of hydrogen-bond acceptors (Lipinski definition) is 6. The second-order valence-corrected chi connectivity index (χ2v) is 10.2. The first-order valence-electron chi connectivity index (χ1n) is 12.1. The van der Waals surface area contributed by atoms with E-state index in [1.165, 1.54) is 24.3 Å². The Bertz CT molecular complexity index is 1370. The highest BCUT2D eigenvalue weighted by Crippen LogP contribution is 2.46. The Balaban J connectivity index is 1.69. The lowest BCUT2D eigenvalue weighted by atomic mass is 9.71. The molecule has 8 nitrogen and oxygen atoms in total. The largest absolute Gasteiger partial charge is 0.368 e. The second kappa shape index (κ2) is 9.61. The number of nitro benzene ring substituents is 1. The van der Waals surface area contributed by atoms with Crippen LogP contribution in [0, 0.1) is 10.1 Å². The van der Waals surface area contributed by atoms with E-state index in [0.29, 0.717) is 27.5 Å². The number of anilines is 2. The highest BCUT2D eigenvalue weighted by atomic mass is 35.5. The van der Waals surface area contributed by atoms with Crippen LogP contribution in [0.25, 0.3) is 0 Å². The smallest absolute Gasteiger partial charge is 0.269 e. The molecular formula is C28H27ClN4O4. The molecule has 1 fully saturated rings. The fourth-order valence-corrected chi connectivity index (χ4v) is 5.35. The molecular weight excluding hydrogens is 492 g/mol. The highest BCUT2D eigenvalue weighted by molar-refractivity contribution is 6.34. The molecule has 3 aromatic rings. The maximum Gasteiger partial charge on any atom is 0.269 e. The van der Waals surface area contributed by atoms with Crippen LogP contribution in [0.4, 0.5) is 17.1 Å². The molecule has 190 valence electrons. The summed E-state index contributed by atoms with van der Waals surface area (Å²) in [5, 5.41) is 11.7. The van der Waals surface area contributed by atoms with Crippen LogP contribution < -0.4 is 9.80 Å². The average Bonchev–Trinajstić information content (AvgIpc) is 2.90. The first-order chi connectivity index (χ1) is 17.7. The van der Waals surface area contributed by atoms with E-state index < -0.39 is 16.2 Å². The molecule has 0 radical (unpaired) electrons. The van der Waals surface area contributed by atoms with Crippen LogP contribution in [0.2, 0.25) is 5.02 Å². The molecule has 2 aliphatic rings. The van der Waals surface area contributed by atoms with Crippen molar-refractivity contribution in [2.24, 2.45) is 0 Å². The summed E-state index contributed by atoms with van der Waals surface area (Å²) in [5.41, 5.74) is 1.30. The first-order valence-corrected chi connectivity index (χ1v) is 12.5. The van der Waals surface area contributed by atoms with E-state index >= 15 is 0 Å². The molecule has 2 heterocycles. The lowest BCUT2D eigenvalue weighted by molar-refractivity contribution is -0.384. The monoisotopic (exact) mass is 518 g/mol. The van der Waals surface area contributed by atoms with Gasteiger partial charge in [-0.15, -0.1) is 0 Å². The van der Waals surface area contributed by atoms with Gasteiger partial charge in [0.25, 0.3) is 5.69 Å². The summed E-state index contributed by atoms with van der Waals surface area (Å²) in [6.45, 7) is 4.98. The van der Waals surface area contributed by atoms with Crippen molar-refractivity contribution in [2.75, 3.05) is 43.0 Å². The predicted octanol–water partition coefficient (Wildman–Crippen LogP) is 4.69. The Hall–Kier alpha value is -3.75. The lowest BCUT2D eigenvalue weighted by Crippen LogP contribution is -2.55. The number of Topliss-reactive ketones (excluding diaryl/α,β-unsaturated/α-hetero) is 1. The zero-order valence-electron chi connectivity index (χ0n) is 20.7. The summed E-state index contributed by atoms with van der Waals surface area (Å²) >= 11 is 6.58. The minimum Gasteiger partial charge on any atom is -0.368 e. The van der Waals surface area contributed by atoms with E-state index in [4.69, 9.17) is 11.6 Å². The Kier molecular flexibility index (Phi) is 6.47. The molecule has 1 atom stereocenters. The Morgan fingerprint density at radius 3 is 2.19 bits per heavy atom. The number of non-ortho nitro benzene ring substituents is 1. The van der Waals surface area contributed by atoms with Crippen molar-refractivity contribution in [1.82, 2.24) is 4.90 Å². The maximum atomic E-state index is 14.3. The van der Waals surface area contributed by atoms with Gasteiger partial charge in [-0.1, -0.05) is 54.1 Å². The summed E-state index contributed by atoms with van der Waals surface area (Å²) in [5.74, 6) is -0.731. The van der Waals surface area contributed by atoms with Crippen molar-refractivity contribution in [3.8, 4) is 0 Å². The van der Waals surface area contributed by atoms with Crippen LogP contribution in [-0.4, -0.2) is 54.7 Å².